The molecule has 1 amide bonds. The van der Waals surface area contributed by atoms with E-state index in [1.165, 1.54) is 27.1 Å². The Balaban J connectivity index is 1.63. The molecule has 1 N–H and O–H groups in total. The maximum absolute atomic E-state index is 12.4. The Kier molecular flexibility index (Phi) is 5.04. The molecule has 0 heterocycles. The second-order valence-electron chi connectivity index (χ2n) is 6.78. The van der Waals surface area contributed by atoms with Crippen LogP contribution in [0.5, 0.6) is 0 Å². The molecule has 3 nitrogen and oxygen atoms in total. The monoisotopic (exact) mass is 384 g/mol. The smallest absolute Gasteiger partial charge is 0.257 e. The summed E-state index contributed by atoms with van der Waals surface area (Å²) in [7, 11) is 1.91. The van der Waals surface area contributed by atoms with Gasteiger partial charge in [0.2, 0.25) is 0 Å². The van der Waals surface area contributed by atoms with Crippen LogP contribution in [0.2, 0.25) is 0 Å². The lowest BCUT2D eigenvalue weighted by molar-refractivity contribution is 0.0973. The van der Waals surface area contributed by atoms with Crippen LogP contribution < -0.4 is 5.32 Å². The number of nitrogens with one attached hydrogen (secondary N) is 1. The molecule has 0 aliphatic carbocycles. The molecule has 0 atom stereocenters. The summed E-state index contributed by atoms with van der Waals surface area (Å²) in [5, 5.41) is 8.03. The highest BCUT2D eigenvalue weighted by Crippen LogP contribution is 2.29. The molecule has 4 aromatic rings. The number of carbonyl (C=O) groups excluding carboxylic acids is 1. The third-order valence-corrected chi connectivity index (χ3v) is 5.29. The molecule has 0 saturated heterocycles. The summed E-state index contributed by atoms with van der Waals surface area (Å²) in [6.45, 7) is 0.607. The normalized spacial score (nSPS) is 10.8. The number of carbonyl (C=O) groups is 1. The van der Waals surface area contributed by atoms with Crippen LogP contribution in [0.4, 0.5) is 0 Å². The number of benzene rings is 4. The summed E-state index contributed by atoms with van der Waals surface area (Å²) in [4.78, 5) is 14.3. The first kappa shape index (κ1) is 18.1. The van der Waals surface area contributed by atoms with Crippen molar-refractivity contribution in [3.63, 3.8) is 0 Å². The fourth-order valence-corrected chi connectivity index (χ4v) is 3.60. The molecule has 0 bridgehead atoms. The highest BCUT2D eigenvalue weighted by molar-refractivity contribution is 7.80. The molecule has 4 aromatic carbocycles. The van der Waals surface area contributed by atoms with Crippen LogP contribution in [0.15, 0.2) is 84.9 Å². The molecule has 0 fully saturated rings. The number of nitrogens with zero attached hydrogens (tertiary/aromatic N) is 1. The van der Waals surface area contributed by atoms with Gasteiger partial charge in [-0.15, -0.1) is 0 Å². The lowest BCUT2D eigenvalue weighted by Crippen LogP contribution is -2.40. The zero-order valence-electron chi connectivity index (χ0n) is 15.6. The molecule has 4 rings (SSSR count). The maximum atomic E-state index is 12.4. The molecule has 4 heteroatoms. The minimum atomic E-state index is -0.194. The summed E-state index contributed by atoms with van der Waals surface area (Å²) in [5.74, 6) is -0.194. The van der Waals surface area contributed by atoms with Gasteiger partial charge in [0.05, 0.1) is 0 Å². The van der Waals surface area contributed by atoms with E-state index in [1.54, 1.807) is 12.1 Å². The molecule has 0 spiro atoms. The Morgan fingerprint density at radius 1 is 0.857 bits per heavy atom. The quantitative estimate of drug-likeness (QED) is 0.392. The summed E-state index contributed by atoms with van der Waals surface area (Å²) < 4.78 is 0. The first-order valence-electron chi connectivity index (χ1n) is 9.14. The zero-order chi connectivity index (χ0) is 19.5. The molecule has 0 unspecified atom stereocenters. The lowest BCUT2D eigenvalue weighted by Gasteiger charge is -2.22. The van der Waals surface area contributed by atoms with E-state index in [4.69, 9.17) is 12.2 Å². The van der Waals surface area contributed by atoms with E-state index < -0.39 is 0 Å². The first-order chi connectivity index (χ1) is 13.6. The molecule has 0 saturated carbocycles. The van der Waals surface area contributed by atoms with Crippen LogP contribution in [-0.4, -0.2) is 23.0 Å². The summed E-state index contributed by atoms with van der Waals surface area (Å²) in [6, 6.07) is 28.0. The first-order valence-corrected chi connectivity index (χ1v) is 9.55. The molecule has 28 heavy (non-hydrogen) atoms. The number of rotatable bonds is 3. The predicted octanol–water partition coefficient (Wildman–Crippen LogP) is 5.14. The largest absolute Gasteiger partial charge is 0.348 e. The highest BCUT2D eigenvalue weighted by atomic mass is 32.1. The van der Waals surface area contributed by atoms with Crippen molar-refractivity contribution in [1.29, 1.82) is 0 Å². The van der Waals surface area contributed by atoms with E-state index in [-0.39, 0.29) is 5.91 Å². The van der Waals surface area contributed by atoms with E-state index in [2.05, 4.69) is 59.9 Å². The van der Waals surface area contributed by atoms with Crippen LogP contribution in [0.3, 0.4) is 0 Å². The van der Waals surface area contributed by atoms with Crippen molar-refractivity contribution in [1.82, 2.24) is 10.2 Å². The summed E-state index contributed by atoms with van der Waals surface area (Å²) in [6.07, 6.45) is 0. The summed E-state index contributed by atoms with van der Waals surface area (Å²) >= 11 is 5.49. The molecular weight excluding hydrogens is 364 g/mol. The molecule has 0 aliphatic rings. The van der Waals surface area contributed by atoms with Crippen molar-refractivity contribution in [3.05, 3.63) is 96.1 Å². The average molecular weight is 385 g/mol. The lowest BCUT2D eigenvalue weighted by atomic mass is 9.96. The van der Waals surface area contributed by atoms with Crippen molar-refractivity contribution in [2.24, 2.45) is 0 Å². The number of thiocarbonyl (C=S) groups is 1. The van der Waals surface area contributed by atoms with Crippen molar-refractivity contribution in [3.8, 4) is 0 Å². The van der Waals surface area contributed by atoms with E-state index in [9.17, 15) is 4.79 Å². The van der Waals surface area contributed by atoms with Gasteiger partial charge in [0.25, 0.3) is 5.91 Å². The van der Waals surface area contributed by atoms with E-state index in [0.717, 1.165) is 0 Å². The Labute approximate surface area is 169 Å². The van der Waals surface area contributed by atoms with E-state index in [1.807, 2.05) is 30.1 Å². The van der Waals surface area contributed by atoms with Gasteiger partial charge in [0.1, 0.15) is 0 Å². The second kappa shape index (κ2) is 7.79. The minimum absolute atomic E-state index is 0.194. The van der Waals surface area contributed by atoms with Crippen LogP contribution in [-0.2, 0) is 6.54 Å². The van der Waals surface area contributed by atoms with Gasteiger partial charge in [-0.2, -0.15) is 0 Å². The predicted molar refractivity (Wildman–Crippen MR) is 119 cm³/mol. The van der Waals surface area contributed by atoms with Crippen LogP contribution in [0.1, 0.15) is 15.9 Å². The zero-order valence-corrected chi connectivity index (χ0v) is 16.4. The van der Waals surface area contributed by atoms with Crippen molar-refractivity contribution in [2.45, 2.75) is 6.54 Å². The summed E-state index contributed by atoms with van der Waals surface area (Å²) in [5.41, 5.74) is 1.79. The van der Waals surface area contributed by atoms with E-state index in [0.29, 0.717) is 17.2 Å². The maximum Gasteiger partial charge on any atom is 0.257 e. The second-order valence-corrected chi connectivity index (χ2v) is 7.17. The van der Waals surface area contributed by atoms with Gasteiger partial charge in [-0.25, -0.2) is 0 Å². The number of hydrogen-bond acceptors (Lipinski definition) is 2. The Morgan fingerprint density at radius 3 is 2.00 bits per heavy atom. The number of fused-ring (bicyclic) bond motifs is 2. The van der Waals surface area contributed by atoms with Crippen molar-refractivity contribution < 1.29 is 4.79 Å². The topological polar surface area (TPSA) is 32.3 Å². The standard InChI is InChI=1S/C24H20N2OS/c1-26(24(28)25-23(27)17-9-3-2-4-10-17)16-22-20-13-7-5-11-18(20)15-19-12-6-8-14-21(19)22/h2-15H,16H2,1H3,(H,25,27,28). The van der Waals surface area contributed by atoms with Crippen LogP contribution >= 0.6 is 12.2 Å². The fourth-order valence-electron chi connectivity index (χ4n) is 3.44. The average Bonchev–Trinajstić information content (AvgIpc) is 2.74. The number of hydrogen-bond donors (Lipinski definition) is 1. The van der Waals surface area contributed by atoms with Gasteiger partial charge >= 0.3 is 0 Å². The van der Waals surface area contributed by atoms with Crippen LogP contribution in [0.25, 0.3) is 21.5 Å². The molecule has 138 valence electrons. The molecule has 0 aliphatic heterocycles. The van der Waals surface area contributed by atoms with Gasteiger partial charge in [0, 0.05) is 19.2 Å². The third kappa shape index (κ3) is 3.59. The third-order valence-electron chi connectivity index (χ3n) is 4.88. The van der Waals surface area contributed by atoms with Crippen molar-refractivity contribution in [2.75, 3.05) is 7.05 Å². The van der Waals surface area contributed by atoms with Gasteiger partial charge in [-0.3, -0.25) is 10.1 Å². The minimum Gasteiger partial charge on any atom is -0.348 e. The SMILES string of the molecule is CN(Cc1c2ccccc2cc2ccccc12)C(=S)NC(=O)c1ccccc1. The van der Waals surface area contributed by atoms with Crippen molar-refractivity contribution >= 4 is 44.8 Å². The van der Waals surface area contributed by atoms with Crippen LogP contribution in [0, 0.1) is 0 Å². The Bertz CT molecular complexity index is 1120. The fraction of sp³-hybridized carbons (Fsp3) is 0.0833. The molecule has 0 aromatic heterocycles. The van der Waals surface area contributed by atoms with Gasteiger partial charge in [-0.05, 0) is 57.5 Å². The Morgan fingerprint density at radius 2 is 1.39 bits per heavy atom. The Hall–Kier alpha value is -3.24. The molecular formula is C24H20N2OS. The van der Waals surface area contributed by atoms with Gasteiger partial charge < -0.3 is 4.90 Å². The van der Waals surface area contributed by atoms with Gasteiger partial charge in [0.15, 0.2) is 5.11 Å². The highest BCUT2D eigenvalue weighted by Gasteiger charge is 2.14. The van der Waals surface area contributed by atoms with E-state index >= 15 is 0 Å². The van der Waals surface area contributed by atoms with Gasteiger partial charge in [-0.1, -0.05) is 66.7 Å². The number of amides is 1. The molecule has 0 radical (unpaired) electrons.